The fourth-order valence-electron chi connectivity index (χ4n) is 4.31. The molecule has 4 rings (SSSR count). The van der Waals surface area contributed by atoms with E-state index in [1.54, 1.807) is 34.3 Å². The maximum absolute atomic E-state index is 12.8. The molecule has 0 fully saturated rings. The number of aliphatic imine (C=N–C) groups is 1. The van der Waals surface area contributed by atoms with Gasteiger partial charge in [0.1, 0.15) is 12.4 Å². The third-order valence-corrected chi connectivity index (χ3v) is 6.25. The lowest BCUT2D eigenvalue weighted by Crippen LogP contribution is -2.42. The van der Waals surface area contributed by atoms with Crippen LogP contribution in [-0.4, -0.2) is 51.2 Å². The SMILES string of the molecule is CCOC(=O)CN1C(c2ccc(OC)c(OC)c2OC)=Nc2ccc(Br)cc2[C@H]1c1ccccc1. The zero-order valence-corrected chi connectivity index (χ0v) is 21.7. The number of amidine groups is 1. The van der Waals surface area contributed by atoms with E-state index in [1.165, 1.54) is 0 Å². The van der Waals surface area contributed by atoms with Crippen molar-refractivity contribution >= 4 is 33.4 Å². The van der Waals surface area contributed by atoms with Crippen molar-refractivity contribution in [1.82, 2.24) is 4.90 Å². The Labute approximate surface area is 213 Å². The van der Waals surface area contributed by atoms with Crippen LogP contribution in [0.5, 0.6) is 17.2 Å². The van der Waals surface area contributed by atoms with Crippen LogP contribution in [-0.2, 0) is 9.53 Å². The standard InChI is InChI=1S/C27H27BrN2O5/c1-5-35-23(31)16-30-24(17-9-7-6-8-10-17)20-15-18(28)11-13-21(20)29-27(30)19-12-14-22(32-2)26(34-4)25(19)33-3/h6-15,24H,5,16H2,1-4H3/t24-/m1/s1. The zero-order chi connectivity index (χ0) is 24.9. The van der Waals surface area contributed by atoms with Crippen molar-refractivity contribution in [2.24, 2.45) is 4.99 Å². The minimum absolute atomic E-state index is 0.00428. The largest absolute Gasteiger partial charge is 0.493 e. The number of fused-ring (bicyclic) bond motifs is 1. The number of carbonyl (C=O) groups is 1. The number of rotatable bonds is 8. The van der Waals surface area contributed by atoms with Gasteiger partial charge in [-0.05, 0) is 42.8 Å². The van der Waals surface area contributed by atoms with E-state index in [0.29, 0.717) is 28.6 Å². The molecule has 1 aliphatic rings. The summed E-state index contributed by atoms with van der Waals surface area (Å²) in [5, 5.41) is 0. The third-order valence-electron chi connectivity index (χ3n) is 5.76. The van der Waals surface area contributed by atoms with Gasteiger partial charge >= 0.3 is 5.97 Å². The highest BCUT2D eigenvalue weighted by atomic mass is 79.9. The Morgan fingerprint density at radius 1 is 0.971 bits per heavy atom. The number of esters is 1. The highest BCUT2D eigenvalue weighted by Gasteiger charge is 2.36. The predicted octanol–water partition coefficient (Wildman–Crippen LogP) is 5.52. The Kier molecular flexibility index (Phi) is 7.60. The second-order valence-corrected chi connectivity index (χ2v) is 8.68. The zero-order valence-electron chi connectivity index (χ0n) is 20.1. The molecule has 0 aromatic heterocycles. The Bertz CT molecular complexity index is 1250. The van der Waals surface area contributed by atoms with E-state index >= 15 is 0 Å². The van der Waals surface area contributed by atoms with Gasteiger partial charge in [0.2, 0.25) is 5.75 Å². The molecule has 0 N–H and O–H groups in total. The minimum Gasteiger partial charge on any atom is -0.493 e. The Hall–Kier alpha value is -3.52. The van der Waals surface area contributed by atoms with Crippen LogP contribution in [0.1, 0.15) is 29.7 Å². The molecule has 0 saturated heterocycles. The van der Waals surface area contributed by atoms with E-state index in [1.807, 2.05) is 59.5 Å². The second-order valence-electron chi connectivity index (χ2n) is 7.77. The van der Waals surface area contributed by atoms with Gasteiger partial charge in [0.15, 0.2) is 11.5 Å². The molecule has 0 amide bonds. The van der Waals surface area contributed by atoms with E-state index in [2.05, 4.69) is 15.9 Å². The number of carbonyl (C=O) groups excluding carboxylic acids is 1. The van der Waals surface area contributed by atoms with Crippen molar-refractivity contribution in [2.75, 3.05) is 34.5 Å². The predicted molar refractivity (Wildman–Crippen MR) is 138 cm³/mol. The number of methoxy groups -OCH3 is 3. The van der Waals surface area contributed by atoms with Crippen LogP contribution in [0.4, 0.5) is 5.69 Å². The van der Waals surface area contributed by atoms with Gasteiger partial charge in [-0.1, -0.05) is 46.3 Å². The van der Waals surface area contributed by atoms with E-state index < -0.39 is 0 Å². The van der Waals surface area contributed by atoms with Crippen molar-refractivity contribution in [1.29, 1.82) is 0 Å². The van der Waals surface area contributed by atoms with Crippen molar-refractivity contribution in [3.63, 3.8) is 0 Å². The molecule has 0 aliphatic carbocycles. The number of hydrogen-bond donors (Lipinski definition) is 0. The lowest BCUT2D eigenvalue weighted by atomic mass is 9.92. The number of hydrogen-bond acceptors (Lipinski definition) is 7. The lowest BCUT2D eigenvalue weighted by Gasteiger charge is -2.38. The van der Waals surface area contributed by atoms with Gasteiger partial charge in [-0.25, -0.2) is 4.99 Å². The molecule has 0 radical (unpaired) electrons. The molecule has 8 heteroatoms. The highest BCUT2D eigenvalue weighted by molar-refractivity contribution is 9.10. The molecule has 1 heterocycles. The van der Waals surface area contributed by atoms with Crippen molar-refractivity contribution in [3.8, 4) is 17.2 Å². The summed E-state index contributed by atoms with van der Waals surface area (Å²) in [6, 6.07) is 19.4. The Morgan fingerprint density at radius 2 is 1.71 bits per heavy atom. The molecule has 1 aliphatic heterocycles. The first-order chi connectivity index (χ1) is 17.0. The van der Waals surface area contributed by atoms with Crippen LogP contribution in [0.2, 0.25) is 0 Å². The maximum atomic E-state index is 12.8. The summed E-state index contributed by atoms with van der Waals surface area (Å²) in [5.74, 6) is 1.67. The van der Waals surface area contributed by atoms with Crippen LogP contribution in [0.3, 0.4) is 0 Å². The minimum atomic E-state index is -0.348. The summed E-state index contributed by atoms with van der Waals surface area (Å²) in [6.45, 7) is 2.08. The average Bonchev–Trinajstić information content (AvgIpc) is 2.88. The summed E-state index contributed by atoms with van der Waals surface area (Å²) in [6.07, 6.45) is 0. The maximum Gasteiger partial charge on any atom is 0.325 e. The van der Waals surface area contributed by atoms with Crippen molar-refractivity contribution in [3.05, 3.63) is 81.8 Å². The number of halogens is 1. The number of ether oxygens (including phenoxy) is 4. The summed E-state index contributed by atoms with van der Waals surface area (Å²) in [7, 11) is 4.70. The first kappa shape index (κ1) is 24.6. The molecule has 0 bridgehead atoms. The van der Waals surface area contributed by atoms with Gasteiger partial charge in [0.25, 0.3) is 0 Å². The molecular weight excluding hydrogens is 512 g/mol. The normalized spacial score (nSPS) is 14.6. The van der Waals surface area contributed by atoms with Crippen LogP contribution >= 0.6 is 15.9 Å². The lowest BCUT2D eigenvalue weighted by molar-refractivity contribution is -0.143. The van der Waals surface area contributed by atoms with Gasteiger partial charge in [0.05, 0.1) is 45.2 Å². The summed E-state index contributed by atoms with van der Waals surface area (Å²) >= 11 is 3.59. The second kappa shape index (κ2) is 10.8. The molecule has 3 aromatic rings. The molecule has 35 heavy (non-hydrogen) atoms. The van der Waals surface area contributed by atoms with Gasteiger partial charge in [-0.15, -0.1) is 0 Å². The van der Waals surface area contributed by atoms with E-state index in [0.717, 1.165) is 21.3 Å². The molecule has 1 atom stereocenters. The van der Waals surface area contributed by atoms with E-state index in [9.17, 15) is 4.79 Å². The molecule has 0 spiro atoms. The summed E-state index contributed by atoms with van der Waals surface area (Å²) in [4.78, 5) is 19.8. The molecule has 7 nitrogen and oxygen atoms in total. The molecule has 182 valence electrons. The van der Waals surface area contributed by atoms with Crippen LogP contribution < -0.4 is 14.2 Å². The quantitative estimate of drug-likeness (QED) is 0.351. The third kappa shape index (κ3) is 4.84. The Balaban J connectivity index is 1.99. The fraction of sp³-hybridized carbons (Fsp3) is 0.259. The van der Waals surface area contributed by atoms with Crippen molar-refractivity contribution < 1.29 is 23.7 Å². The van der Waals surface area contributed by atoms with Crippen LogP contribution in [0.25, 0.3) is 0 Å². The first-order valence-electron chi connectivity index (χ1n) is 11.2. The molecule has 3 aromatic carbocycles. The molecule has 0 saturated carbocycles. The van der Waals surface area contributed by atoms with Crippen molar-refractivity contribution in [2.45, 2.75) is 13.0 Å². The van der Waals surface area contributed by atoms with Gasteiger partial charge in [-0.2, -0.15) is 0 Å². The van der Waals surface area contributed by atoms with Crippen LogP contribution in [0.15, 0.2) is 70.1 Å². The van der Waals surface area contributed by atoms with Gasteiger partial charge < -0.3 is 23.8 Å². The number of benzene rings is 3. The Morgan fingerprint density at radius 3 is 2.37 bits per heavy atom. The smallest absolute Gasteiger partial charge is 0.325 e. The van der Waals surface area contributed by atoms with E-state index in [4.69, 9.17) is 23.9 Å². The number of nitrogens with zero attached hydrogens (tertiary/aromatic N) is 2. The van der Waals surface area contributed by atoms with Gasteiger partial charge in [0, 0.05) is 10.0 Å². The topological polar surface area (TPSA) is 69.6 Å². The van der Waals surface area contributed by atoms with Crippen LogP contribution in [0, 0.1) is 0 Å². The monoisotopic (exact) mass is 538 g/mol. The molecule has 0 unspecified atom stereocenters. The molecular formula is C27H27BrN2O5. The average molecular weight is 539 g/mol. The fourth-order valence-corrected chi connectivity index (χ4v) is 4.69. The highest BCUT2D eigenvalue weighted by Crippen LogP contribution is 2.45. The first-order valence-corrected chi connectivity index (χ1v) is 12.0. The summed E-state index contributed by atoms with van der Waals surface area (Å²) < 4.78 is 23.1. The van der Waals surface area contributed by atoms with E-state index in [-0.39, 0.29) is 25.2 Å². The van der Waals surface area contributed by atoms with Gasteiger partial charge in [-0.3, -0.25) is 4.79 Å². The summed E-state index contributed by atoms with van der Waals surface area (Å²) in [5.41, 5.74) is 3.46.